The zero-order valence-electron chi connectivity index (χ0n) is 16.1. The van der Waals surface area contributed by atoms with Gasteiger partial charge in [-0.05, 0) is 19.1 Å². The minimum absolute atomic E-state index is 0.180. The molecule has 154 valence electrons. The quantitative estimate of drug-likeness (QED) is 0.518. The number of nitrogens with one attached hydrogen (secondary N) is 1. The van der Waals surface area contributed by atoms with Gasteiger partial charge < -0.3 is 4.57 Å². The maximum absolute atomic E-state index is 12.2. The fourth-order valence-electron chi connectivity index (χ4n) is 2.53. The molecule has 2 heterocycles. The van der Waals surface area contributed by atoms with E-state index in [1.807, 2.05) is 18.4 Å². The lowest BCUT2D eigenvalue weighted by atomic mass is 10.2. The average molecular weight is 453 g/mol. The Morgan fingerprint density at radius 2 is 1.86 bits per heavy atom. The van der Waals surface area contributed by atoms with Crippen molar-refractivity contribution in [2.24, 2.45) is 0 Å². The highest BCUT2D eigenvalue weighted by atomic mass is 32.2. The van der Waals surface area contributed by atoms with Crippen LogP contribution < -0.4 is 5.32 Å². The highest BCUT2D eigenvalue weighted by Crippen LogP contribution is 2.27. The number of benzene rings is 1. The molecule has 0 aliphatic rings. The zero-order valence-corrected chi connectivity index (χ0v) is 18.6. The molecular formula is C17H20N6O3S3. The molecule has 0 spiro atoms. The summed E-state index contributed by atoms with van der Waals surface area (Å²) in [5, 5.41) is 20.7. The van der Waals surface area contributed by atoms with Gasteiger partial charge in [-0.3, -0.25) is 10.1 Å². The van der Waals surface area contributed by atoms with Gasteiger partial charge >= 0.3 is 0 Å². The molecule has 0 fully saturated rings. The first-order valence-corrected chi connectivity index (χ1v) is 12.5. The fraction of sp³-hybridized carbons (Fsp3) is 0.353. The van der Waals surface area contributed by atoms with Gasteiger partial charge in [-0.15, -0.1) is 20.4 Å². The highest BCUT2D eigenvalue weighted by Gasteiger charge is 2.14. The number of rotatable bonds is 8. The summed E-state index contributed by atoms with van der Waals surface area (Å²) in [5.74, 6) is 0.861. The molecule has 1 aromatic carbocycles. The van der Waals surface area contributed by atoms with Gasteiger partial charge in [0.25, 0.3) is 0 Å². The van der Waals surface area contributed by atoms with E-state index in [-0.39, 0.29) is 16.6 Å². The fourth-order valence-corrected chi connectivity index (χ4v) is 4.74. The molecular weight excluding hydrogens is 432 g/mol. The number of nitrogens with zero attached hydrogens (tertiary/aromatic N) is 5. The monoisotopic (exact) mass is 452 g/mol. The van der Waals surface area contributed by atoms with Crippen molar-refractivity contribution in [1.29, 1.82) is 0 Å². The van der Waals surface area contributed by atoms with E-state index in [4.69, 9.17) is 0 Å². The van der Waals surface area contributed by atoms with E-state index in [9.17, 15) is 13.2 Å². The van der Waals surface area contributed by atoms with Crippen molar-refractivity contribution >= 4 is 44.0 Å². The molecule has 0 radical (unpaired) electrons. The summed E-state index contributed by atoms with van der Waals surface area (Å²) < 4.78 is 25.1. The molecule has 0 saturated heterocycles. The van der Waals surface area contributed by atoms with Crippen molar-refractivity contribution in [1.82, 2.24) is 25.0 Å². The molecule has 3 aromatic rings. The van der Waals surface area contributed by atoms with Crippen LogP contribution in [0.2, 0.25) is 0 Å². The SMILES string of the molecule is CCc1nnc(SCC(=O)Nc2nnc(-c3ccc(S(C)(=O)=O)cc3)s2)n1CC. The van der Waals surface area contributed by atoms with Crippen LogP contribution in [0, 0.1) is 0 Å². The van der Waals surface area contributed by atoms with Crippen molar-refractivity contribution in [3.63, 3.8) is 0 Å². The predicted octanol–water partition coefficient (Wildman–Crippen LogP) is 2.51. The lowest BCUT2D eigenvalue weighted by Crippen LogP contribution is -2.14. The van der Waals surface area contributed by atoms with E-state index in [0.29, 0.717) is 15.3 Å². The first-order chi connectivity index (χ1) is 13.8. The number of amides is 1. The first kappa shape index (κ1) is 21.4. The lowest BCUT2D eigenvalue weighted by molar-refractivity contribution is -0.113. The molecule has 2 aromatic heterocycles. The standard InChI is InChI=1S/C17H20N6O3S3/c1-4-13-19-22-17(23(13)5-2)27-10-14(24)18-16-21-20-15(28-16)11-6-8-12(9-7-11)29(3,25)26/h6-9H,4-5,10H2,1-3H3,(H,18,21,24). The van der Waals surface area contributed by atoms with E-state index >= 15 is 0 Å². The van der Waals surface area contributed by atoms with E-state index in [1.165, 1.54) is 35.2 Å². The van der Waals surface area contributed by atoms with Crippen LogP contribution in [-0.2, 0) is 27.6 Å². The Morgan fingerprint density at radius 1 is 1.14 bits per heavy atom. The van der Waals surface area contributed by atoms with Crippen molar-refractivity contribution in [2.45, 2.75) is 36.9 Å². The van der Waals surface area contributed by atoms with Gasteiger partial charge in [-0.2, -0.15) is 0 Å². The zero-order chi connectivity index (χ0) is 21.0. The Bertz CT molecular complexity index is 1110. The molecule has 9 nitrogen and oxygen atoms in total. The highest BCUT2D eigenvalue weighted by molar-refractivity contribution is 7.99. The molecule has 12 heteroatoms. The van der Waals surface area contributed by atoms with Gasteiger partial charge in [0.1, 0.15) is 10.8 Å². The summed E-state index contributed by atoms with van der Waals surface area (Å²) in [6.07, 6.45) is 1.94. The number of aryl methyl sites for hydroxylation is 1. The van der Waals surface area contributed by atoms with Crippen molar-refractivity contribution in [3.05, 3.63) is 30.1 Å². The minimum atomic E-state index is -3.25. The van der Waals surface area contributed by atoms with Gasteiger partial charge in [0.15, 0.2) is 15.0 Å². The molecule has 0 unspecified atom stereocenters. The maximum Gasteiger partial charge on any atom is 0.236 e. The van der Waals surface area contributed by atoms with Gasteiger partial charge in [0.2, 0.25) is 11.0 Å². The first-order valence-electron chi connectivity index (χ1n) is 8.80. The molecule has 29 heavy (non-hydrogen) atoms. The number of hydrogen-bond donors (Lipinski definition) is 1. The van der Waals surface area contributed by atoms with Crippen LogP contribution in [-0.4, -0.2) is 51.3 Å². The van der Waals surface area contributed by atoms with E-state index in [2.05, 4.69) is 25.7 Å². The Morgan fingerprint density at radius 3 is 2.48 bits per heavy atom. The second kappa shape index (κ2) is 9.01. The molecule has 0 aliphatic carbocycles. The minimum Gasteiger partial charge on any atom is -0.306 e. The van der Waals surface area contributed by atoms with Crippen molar-refractivity contribution in [3.8, 4) is 10.6 Å². The van der Waals surface area contributed by atoms with Gasteiger partial charge in [0, 0.05) is 24.8 Å². The van der Waals surface area contributed by atoms with Crippen LogP contribution in [0.15, 0.2) is 34.3 Å². The van der Waals surface area contributed by atoms with Crippen LogP contribution in [0.25, 0.3) is 10.6 Å². The second-order valence-electron chi connectivity index (χ2n) is 6.04. The number of aromatic nitrogens is 5. The smallest absolute Gasteiger partial charge is 0.236 e. The van der Waals surface area contributed by atoms with Crippen LogP contribution in [0.4, 0.5) is 5.13 Å². The van der Waals surface area contributed by atoms with E-state index < -0.39 is 9.84 Å². The summed E-state index contributed by atoms with van der Waals surface area (Å²) >= 11 is 2.54. The number of sulfone groups is 1. The van der Waals surface area contributed by atoms with Crippen molar-refractivity contribution in [2.75, 3.05) is 17.3 Å². The molecule has 3 rings (SSSR count). The third-order valence-corrected chi connectivity index (χ3v) is 6.94. The molecule has 1 N–H and O–H groups in total. The molecule has 1 amide bonds. The molecule has 0 bridgehead atoms. The predicted molar refractivity (Wildman–Crippen MR) is 113 cm³/mol. The van der Waals surface area contributed by atoms with Crippen LogP contribution >= 0.6 is 23.1 Å². The third-order valence-electron chi connectivity index (χ3n) is 3.96. The largest absolute Gasteiger partial charge is 0.306 e. The Balaban J connectivity index is 1.61. The molecule has 0 aliphatic heterocycles. The van der Waals surface area contributed by atoms with Crippen LogP contribution in [0.3, 0.4) is 0 Å². The number of anilines is 1. The summed E-state index contributed by atoms with van der Waals surface area (Å²) in [6.45, 7) is 4.77. The third kappa shape index (κ3) is 5.19. The Labute approximate surface area is 176 Å². The number of carbonyl (C=O) groups is 1. The topological polar surface area (TPSA) is 120 Å². The van der Waals surface area contributed by atoms with Gasteiger partial charge in [-0.1, -0.05) is 42.2 Å². The van der Waals surface area contributed by atoms with Crippen LogP contribution in [0.5, 0.6) is 0 Å². The van der Waals surface area contributed by atoms with E-state index in [1.54, 1.807) is 12.1 Å². The second-order valence-corrected chi connectivity index (χ2v) is 9.98. The maximum atomic E-state index is 12.2. The molecule has 0 saturated carbocycles. The number of carbonyl (C=O) groups excluding carboxylic acids is 1. The average Bonchev–Trinajstić information content (AvgIpc) is 3.32. The normalized spacial score (nSPS) is 11.6. The summed E-state index contributed by atoms with van der Waals surface area (Å²) in [7, 11) is -3.25. The summed E-state index contributed by atoms with van der Waals surface area (Å²) in [6, 6.07) is 6.38. The number of hydrogen-bond acceptors (Lipinski definition) is 9. The van der Waals surface area contributed by atoms with E-state index in [0.717, 1.165) is 30.6 Å². The van der Waals surface area contributed by atoms with Crippen LogP contribution in [0.1, 0.15) is 19.7 Å². The Kier molecular flexibility index (Phi) is 6.65. The summed E-state index contributed by atoms with van der Waals surface area (Å²) in [5.41, 5.74) is 0.730. The lowest BCUT2D eigenvalue weighted by Gasteiger charge is -2.05. The summed E-state index contributed by atoms with van der Waals surface area (Å²) in [4.78, 5) is 12.5. The van der Waals surface area contributed by atoms with Crippen molar-refractivity contribution < 1.29 is 13.2 Å². The number of thioether (sulfide) groups is 1. The van der Waals surface area contributed by atoms with Gasteiger partial charge in [-0.25, -0.2) is 8.42 Å². The van der Waals surface area contributed by atoms with Gasteiger partial charge in [0.05, 0.1) is 10.6 Å². The molecule has 0 atom stereocenters. The Hall–Kier alpha value is -2.31.